The van der Waals surface area contributed by atoms with Crippen molar-refractivity contribution < 1.29 is 28.5 Å². The molecule has 0 bridgehead atoms. The van der Waals surface area contributed by atoms with E-state index < -0.39 is 5.92 Å². The molecule has 2 aliphatic rings. The summed E-state index contributed by atoms with van der Waals surface area (Å²) in [5, 5.41) is 0. The van der Waals surface area contributed by atoms with Gasteiger partial charge in [0.1, 0.15) is 5.75 Å². The van der Waals surface area contributed by atoms with Crippen molar-refractivity contribution in [2.45, 2.75) is 31.9 Å². The predicted molar refractivity (Wildman–Crippen MR) is 127 cm³/mol. The molecule has 2 heterocycles. The van der Waals surface area contributed by atoms with Crippen molar-refractivity contribution >= 4 is 17.5 Å². The Balaban J connectivity index is 1.53. The molecule has 0 saturated carbocycles. The van der Waals surface area contributed by atoms with Crippen molar-refractivity contribution in [3.05, 3.63) is 48.0 Å². The van der Waals surface area contributed by atoms with Crippen LogP contribution in [0.4, 0.5) is 5.69 Å². The van der Waals surface area contributed by atoms with Crippen LogP contribution < -0.4 is 19.1 Å². The number of amides is 2. The summed E-state index contributed by atoms with van der Waals surface area (Å²) >= 11 is 0. The summed E-state index contributed by atoms with van der Waals surface area (Å²) in [6, 6.07) is 13.0. The highest BCUT2D eigenvalue weighted by Gasteiger charge is 2.38. The van der Waals surface area contributed by atoms with E-state index in [1.54, 1.807) is 38.4 Å². The Morgan fingerprint density at radius 3 is 2.53 bits per heavy atom. The highest BCUT2D eigenvalue weighted by atomic mass is 16.5. The lowest BCUT2D eigenvalue weighted by Crippen LogP contribution is -2.41. The van der Waals surface area contributed by atoms with Crippen LogP contribution in [0.3, 0.4) is 0 Å². The van der Waals surface area contributed by atoms with Crippen LogP contribution in [0, 0.1) is 5.92 Å². The molecule has 2 aliphatic heterocycles. The number of benzene rings is 2. The molecule has 2 aromatic carbocycles. The molecule has 2 unspecified atom stereocenters. The maximum atomic E-state index is 13.7. The first-order valence-corrected chi connectivity index (χ1v) is 11.6. The molecule has 8 heteroatoms. The first-order chi connectivity index (χ1) is 16.5. The van der Waals surface area contributed by atoms with Crippen LogP contribution in [0.2, 0.25) is 0 Å². The lowest BCUT2D eigenvalue weighted by molar-refractivity contribution is -0.138. The number of carbonyl (C=O) groups is 2. The van der Waals surface area contributed by atoms with E-state index in [1.165, 1.54) is 0 Å². The minimum atomic E-state index is -0.434. The van der Waals surface area contributed by atoms with Gasteiger partial charge in [0, 0.05) is 50.0 Å². The number of hydrogen-bond donors (Lipinski definition) is 0. The van der Waals surface area contributed by atoms with Crippen molar-refractivity contribution in [1.29, 1.82) is 0 Å². The molecule has 0 aliphatic carbocycles. The molecule has 2 atom stereocenters. The summed E-state index contributed by atoms with van der Waals surface area (Å²) in [5.74, 6) is 1.31. The van der Waals surface area contributed by atoms with Crippen LogP contribution in [0.1, 0.15) is 24.8 Å². The zero-order valence-electron chi connectivity index (χ0n) is 20.0. The third kappa shape index (κ3) is 5.12. The number of methoxy groups -OCH3 is 3. The quantitative estimate of drug-likeness (QED) is 0.562. The van der Waals surface area contributed by atoms with Gasteiger partial charge in [0.05, 0.1) is 33.4 Å². The zero-order valence-corrected chi connectivity index (χ0v) is 20.0. The molecular weight excluding hydrogens is 436 g/mol. The Bertz CT molecular complexity index is 1020. The lowest BCUT2D eigenvalue weighted by Gasteiger charge is -2.28. The number of hydrogen-bond acceptors (Lipinski definition) is 6. The van der Waals surface area contributed by atoms with Crippen LogP contribution in [0.15, 0.2) is 42.5 Å². The highest BCUT2D eigenvalue weighted by Crippen LogP contribution is 2.35. The van der Waals surface area contributed by atoms with Crippen LogP contribution in [0.5, 0.6) is 17.2 Å². The molecule has 0 N–H and O–H groups in total. The fourth-order valence-corrected chi connectivity index (χ4v) is 4.68. The van der Waals surface area contributed by atoms with Crippen LogP contribution in [-0.4, -0.2) is 63.8 Å². The molecule has 2 saturated heterocycles. The summed E-state index contributed by atoms with van der Waals surface area (Å²) in [5.41, 5.74) is 1.62. The molecule has 8 nitrogen and oxygen atoms in total. The highest BCUT2D eigenvalue weighted by molar-refractivity contribution is 6.00. The van der Waals surface area contributed by atoms with Gasteiger partial charge in [0.2, 0.25) is 11.8 Å². The summed E-state index contributed by atoms with van der Waals surface area (Å²) < 4.78 is 22.0. The van der Waals surface area contributed by atoms with Gasteiger partial charge in [0.25, 0.3) is 0 Å². The first kappa shape index (κ1) is 23.9. The van der Waals surface area contributed by atoms with Gasteiger partial charge in [-0.2, -0.15) is 0 Å². The van der Waals surface area contributed by atoms with E-state index in [-0.39, 0.29) is 24.3 Å². The molecule has 34 heavy (non-hydrogen) atoms. The van der Waals surface area contributed by atoms with Gasteiger partial charge in [-0.25, -0.2) is 0 Å². The van der Waals surface area contributed by atoms with E-state index in [1.807, 2.05) is 35.2 Å². The van der Waals surface area contributed by atoms with Crippen molar-refractivity contribution in [1.82, 2.24) is 4.90 Å². The maximum Gasteiger partial charge on any atom is 0.228 e. The second kappa shape index (κ2) is 10.8. The summed E-state index contributed by atoms with van der Waals surface area (Å²) in [7, 11) is 4.75. The second-order valence-corrected chi connectivity index (χ2v) is 8.61. The van der Waals surface area contributed by atoms with Gasteiger partial charge >= 0.3 is 0 Å². The molecule has 0 aromatic heterocycles. The van der Waals surface area contributed by atoms with E-state index in [0.29, 0.717) is 36.8 Å². The van der Waals surface area contributed by atoms with Crippen molar-refractivity contribution in [2.24, 2.45) is 5.92 Å². The van der Waals surface area contributed by atoms with Crippen molar-refractivity contribution in [3.63, 3.8) is 0 Å². The number of ether oxygens (including phenoxy) is 4. The molecule has 2 fully saturated rings. The Morgan fingerprint density at radius 2 is 1.82 bits per heavy atom. The van der Waals surface area contributed by atoms with Crippen molar-refractivity contribution in [3.8, 4) is 17.2 Å². The van der Waals surface area contributed by atoms with E-state index in [9.17, 15) is 9.59 Å². The zero-order chi connectivity index (χ0) is 24.1. The predicted octanol–water partition coefficient (Wildman–Crippen LogP) is 3.27. The third-order valence-electron chi connectivity index (χ3n) is 6.47. The minimum absolute atomic E-state index is 0.0118. The topological polar surface area (TPSA) is 77.5 Å². The fourth-order valence-electron chi connectivity index (χ4n) is 4.68. The average molecular weight is 469 g/mol. The van der Waals surface area contributed by atoms with Gasteiger partial charge in [-0.05, 0) is 31.0 Å². The fraction of sp³-hybridized carbons (Fsp3) is 0.462. The maximum absolute atomic E-state index is 13.7. The third-order valence-corrected chi connectivity index (χ3v) is 6.47. The molecule has 4 rings (SSSR count). The summed E-state index contributed by atoms with van der Waals surface area (Å²) in [6.45, 7) is 1.94. The van der Waals surface area contributed by atoms with E-state index >= 15 is 0 Å². The van der Waals surface area contributed by atoms with Gasteiger partial charge in [-0.15, -0.1) is 0 Å². The molecule has 2 amide bonds. The minimum Gasteiger partial charge on any atom is -0.496 e. The molecule has 2 aromatic rings. The Morgan fingerprint density at radius 1 is 1.06 bits per heavy atom. The molecule has 0 radical (unpaired) electrons. The smallest absolute Gasteiger partial charge is 0.228 e. The first-order valence-electron chi connectivity index (χ1n) is 11.6. The lowest BCUT2D eigenvalue weighted by atomic mass is 10.1. The second-order valence-electron chi connectivity index (χ2n) is 8.61. The van der Waals surface area contributed by atoms with Crippen LogP contribution in [-0.2, 0) is 20.9 Å². The Kier molecular flexibility index (Phi) is 7.57. The van der Waals surface area contributed by atoms with Crippen LogP contribution >= 0.6 is 0 Å². The number of carbonyl (C=O) groups excluding carboxylic acids is 2. The normalized spacial score (nSPS) is 19.9. The van der Waals surface area contributed by atoms with E-state index in [2.05, 4.69) is 0 Å². The SMILES string of the molecule is COc1ccccc1CN(CC1CCCO1)C(=O)C1CC(=O)N(c2ccc(OC)c(OC)c2)C1. The number of nitrogens with zero attached hydrogens (tertiary/aromatic N) is 2. The van der Waals surface area contributed by atoms with E-state index in [4.69, 9.17) is 18.9 Å². The van der Waals surface area contributed by atoms with Crippen molar-refractivity contribution in [2.75, 3.05) is 45.9 Å². The number of anilines is 1. The monoisotopic (exact) mass is 468 g/mol. The van der Waals surface area contributed by atoms with Gasteiger partial charge < -0.3 is 28.7 Å². The van der Waals surface area contributed by atoms with E-state index in [0.717, 1.165) is 30.8 Å². The summed E-state index contributed by atoms with van der Waals surface area (Å²) in [4.78, 5) is 30.1. The number of para-hydroxylation sites is 1. The Labute approximate surface area is 200 Å². The average Bonchev–Trinajstić information content (AvgIpc) is 3.52. The van der Waals surface area contributed by atoms with Gasteiger partial charge in [0.15, 0.2) is 11.5 Å². The Hall–Kier alpha value is -3.26. The summed E-state index contributed by atoms with van der Waals surface area (Å²) in [6.07, 6.45) is 2.10. The molecule has 182 valence electrons. The van der Waals surface area contributed by atoms with Gasteiger partial charge in [-0.3, -0.25) is 9.59 Å². The largest absolute Gasteiger partial charge is 0.496 e. The van der Waals surface area contributed by atoms with Gasteiger partial charge in [-0.1, -0.05) is 18.2 Å². The standard InChI is InChI=1S/C26H32N2O6/c1-31-22-9-5-4-7-18(22)15-27(17-21-8-6-12-34-21)26(30)19-13-25(29)28(16-19)20-10-11-23(32-2)24(14-20)33-3/h4-5,7,9-11,14,19,21H,6,8,12-13,15-17H2,1-3H3. The molecule has 0 spiro atoms. The number of rotatable bonds is 9. The van der Waals surface area contributed by atoms with Crippen LogP contribution in [0.25, 0.3) is 0 Å². The molecular formula is C26H32N2O6.